The largest absolute Gasteiger partial charge is 0.326 e. The Morgan fingerprint density at radius 1 is 1.17 bits per heavy atom. The lowest BCUT2D eigenvalue weighted by molar-refractivity contribution is -0.116. The van der Waals surface area contributed by atoms with E-state index in [4.69, 9.17) is 0 Å². The Balaban J connectivity index is 2.07. The Kier molecular flexibility index (Phi) is 6.40. The average Bonchev–Trinajstić information content (AvgIpc) is 2.52. The van der Waals surface area contributed by atoms with Crippen molar-refractivity contribution in [2.24, 2.45) is 11.8 Å². The van der Waals surface area contributed by atoms with E-state index >= 15 is 0 Å². The van der Waals surface area contributed by atoms with Gasteiger partial charge in [0.15, 0.2) is 0 Å². The number of unbranched alkanes of at least 4 members (excludes halogenated alkanes) is 1. The summed E-state index contributed by atoms with van der Waals surface area (Å²) in [4.78, 5) is 12.0. The highest BCUT2D eigenvalue weighted by atomic mass is 32.2. The van der Waals surface area contributed by atoms with Gasteiger partial charge in [-0.05, 0) is 48.9 Å². The first-order chi connectivity index (χ1) is 11.3. The number of amides is 1. The summed E-state index contributed by atoms with van der Waals surface area (Å²) < 4.78 is 27.2. The summed E-state index contributed by atoms with van der Waals surface area (Å²) in [6.45, 7) is 7.36. The molecule has 5 nitrogen and oxygen atoms in total. The van der Waals surface area contributed by atoms with Crippen molar-refractivity contribution in [3.63, 3.8) is 0 Å². The van der Waals surface area contributed by atoms with Gasteiger partial charge >= 0.3 is 0 Å². The molecule has 0 aliphatic carbocycles. The number of hydrogen-bond donors (Lipinski definition) is 1. The molecule has 1 aliphatic heterocycles. The molecule has 134 valence electrons. The third kappa shape index (κ3) is 4.80. The van der Waals surface area contributed by atoms with Crippen LogP contribution >= 0.6 is 0 Å². The first-order valence-corrected chi connectivity index (χ1v) is 10.2. The van der Waals surface area contributed by atoms with Gasteiger partial charge in [-0.1, -0.05) is 27.2 Å². The smallest absolute Gasteiger partial charge is 0.243 e. The maximum atomic E-state index is 12.8. The number of anilines is 1. The van der Waals surface area contributed by atoms with Crippen LogP contribution < -0.4 is 5.32 Å². The van der Waals surface area contributed by atoms with Gasteiger partial charge in [0.05, 0.1) is 4.90 Å². The summed E-state index contributed by atoms with van der Waals surface area (Å²) in [6.07, 6.45) is 3.37. The molecule has 0 radical (unpaired) electrons. The zero-order chi connectivity index (χ0) is 17.7. The van der Waals surface area contributed by atoms with Crippen molar-refractivity contribution in [3.05, 3.63) is 24.3 Å². The van der Waals surface area contributed by atoms with Crippen LogP contribution in [-0.2, 0) is 14.8 Å². The van der Waals surface area contributed by atoms with E-state index in [-0.39, 0.29) is 10.8 Å². The zero-order valence-electron chi connectivity index (χ0n) is 14.8. The van der Waals surface area contributed by atoms with E-state index in [1.165, 1.54) is 0 Å². The Labute approximate surface area is 145 Å². The topological polar surface area (TPSA) is 66.5 Å². The number of sulfonamides is 1. The van der Waals surface area contributed by atoms with E-state index in [9.17, 15) is 13.2 Å². The quantitative estimate of drug-likeness (QED) is 0.852. The Morgan fingerprint density at radius 3 is 2.29 bits per heavy atom. The summed E-state index contributed by atoms with van der Waals surface area (Å²) in [7, 11) is -3.47. The number of carbonyl (C=O) groups is 1. The monoisotopic (exact) mass is 352 g/mol. The second kappa shape index (κ2) is 8.12. The van der Waals surface area contributed by atoms with Crippen molar-refractivity contribution in [2.75, 3.05) is 18.4 Å². The van der Waals surface area contributed by atoms with Crippen LogP contribution in [0.25, 0.3) is 0 Å². The molecule has 1 heterocycles. The van der Waals surface area contributed by atoms with E-state index in [1.807, 2.05) is 6.92 Å². The Morgan fingerprint density at radius 2 is 1.75 bits per heavy atom. The molecule has 1 fully saturated rings. The second-order valence-electron chi connectivity index (χ2n) is 6.94. The molecule has 1 amide bonds. The minimum atomic E-state index is -3.47. The SMILES string of the molecule is CCCCC(=O)Nc1ccc(S(=O)(=O)N2CC(C)CC(C)C2)cc1. The molecule has 1 aliphatic rings. The molecular weight excluding hydrogens is 324 g/mol. The third-order valence-electron chi connectivity index (χ3n) is 4.37. The number of piperidine rings is 1. The van der Waals surface area contributed by atoms with Gasteiger partial charge in [-0.25, -0.2) is 8.42 Å². The minimum Gasteiger partial charge on any atom is -0.326 e. The van der Waals surface area contributed by atoms with Crippen molar-refractivity contribution >= 4 is 21.6 Å². The van der Waals surface area contributed by atoms with E-state index in [2.05, 4.69) is 19.2 Å². The number of hydrogen-bond acceptors (Lipinski definition) is 3. The van der Waals surface area contributed by atoms with Gasteiger partial charge in [0.25, 0.3) is 0 Å². The molecule has 1 saturated heterocycles. The number of nitrogens with one attached hydrogen (secondary N) is 1. The second-order valence-corrected chi connectivity index (χ2v) is 8.88. The Hall–Kier alpha value is -1.40. The third-order valence-corrected chi connectivity index (χ3v) is 6.21. The average molecular weight is 353 g/mol. The molecule has 1 N–H and O–H groups in total. The summed E-state index contributed by atoms with van der Waals surface area (Å²) in [5, 5.41) is 2.80. The van der Waals surface area contributed by atoms with Crippen LogP contribution in [0.1, 0.15) is 46.5 Å². The van der Waals surface area contributed by atoms with E-state index < -0.39 is 10.0 Å². The highest BCUT2D eigenvalue weighted by molar-refractivity contribution is 7.89. The zero-order valence-corrected chi connectivity index (χ0v) is 15.6. The molecule has 1 aromatic rings. The van der Waals surface area contributed by atoms with E-state index in [0.29, 0.717) is 37.0 Å². The first-order valence-electron chi connectivity index (χ1n) is 8.73. The van der Waals surface area contributed by atoms with Crippen LogP contribution in [0.5, 0.6) is 0 Å². The minimum absolute atomic E-state index is 0.0360. The van der Waals surface area contributed by atoms with Crippen LogP contribution in [0.3, 0.4) is 0 Å². The van der Waals surface area contributed by atoms with Gasteiger partial charge in [-0.15, -0.1) is 0 Å². The molecule has 0 spiro atoms. The number of benzene rings is 1. The predicted molar refractivity (Wildman–Crippen MR) is 96.3 cm³/mol. The maximum Gasteiger partial charge on any atom is 0.243 e. The van der Waals surface area contributed by atoms with Gasteiger partial charge in [-0.3, -0.25) is 4.79 Å². The lowest BCUT2D eigenvalue weighted by atomic mass is 9.94. The number of nitrogens with zero attached hydrogens (tertiary/aromatic N) is 1. The van der Waals surface area contributed by atoms with Crippen LogP contribution in [0, 0.1) is 11.8 Å². The van der Waals surface area contributed by atoms with Crippen molar-refractivity contribution in [1.82, 2.24) is 4.31 Å². The molecule has 24 heavy (non-hydrogen) atoms. The van der Waals surface area contributed by atoms with E-state index in [1.54, 1.807) is 28.6 Å². The van der Waals surface area contributed by atoms with Gasteiger partial charge in [-0.2, -0.15) is 4.31 Å². The summed E-state index contributed by atoms with van der Waals surface area (Å²) in [5.41, 5.74) is 0.635. The molecule has 2 atom stereocenters. The Bertz CT molecular complexity index is 645. The summed E-state index contributed by atoms with van der Waals surface area (Å²) in [5.74, 6) is 0.715. The fourth-order valence-corrected chi connectivity index (χ4v) is 4.90. The number of carbonyl (C=O) groups excluding carboxylic acids is 1. The van der Waals surface area contributed by atoms with Crippen molar-refractivity contribution in [1.29, 1.82) is 0 Å². The van der Waals surface area contributed by atoms with Crippen LogP contribution in [0.4, 0.5) is 5.69 Å². The highest BCUT2D eigenvalue weighted by Gasteiger charge is 2.31. The molecule has 0 aromatic heterocycles. The lowest BCUT2D eigenvalue weighted by Gasteiger charge is -2.34. The molecular formula is C18H28N2O3S. The number of rotatable bonds is 6. The molecule has 1 aromatic carbocycles. The molecule has 6 heteroatoms. The summed E-state index contributed by atoms with van der Waals surface area (Å²) >= 11 is 0. The van der Waals surface area contributed by atoms with Gasteiger partial charge in [0.2, 0.25) is 15.9 Å². The van der Waals surface area contributed by atoms with Crippen molar-refractivity contribution in [2.45, 2.75) is 51.3 Å². The van der Waals surface area contributed by atoms with E-state index in [0.717, 1.165) is 19.3 Å². The molecule has 2 unspecified atom stereocenters. The lowest BCUT2D eigenvalue weighted by Crippen LogP contribution is -2.42. The van der Waals surface area contributed by atoms with Gasteiger partial charge in [0.1, 0.15) is 0 Å². The first kappa shape index (κ1) is 18.9. The van der Waals surface area contributed by atoms with Gasteiger partial charge in [0, 0.05) is 25.2 Å². The predicted octanol–water partition coefficient (Wildman–Crippen LogP) is 3.48. The van der Waals surface area contributed by atoms with Gasteiger partial charge < -0.3 is 5.32 Å². The molecule has 0 bridgehead atoms. The molecule has 2 rings (SSSR count). The van der Waals surface area contributed by atoms with Crippen LogP contribution in [0.15, 0.2) is 29.2 Å². The van der Waals surface area contributed by atoms with Crippen LogP contribution in [-0.4, -0.2) is 31.7 Å². The normalized spacial score (nSPS) is 22.3. The highest BCUT2D eigenvalue weighted by Crippen LogP contribution is 2.27. The van der Waals surface area contributed by atoms with Crippen molar-refractivity contribution in [3.8, 4) is 0 Å². The summed E-state index contributed by atoms with van der Waals surface area (Å²) in [6, 6.07) is 6.48. The molecule has 0 saturated carbocycles. The fourth-order valence-electron chi connectivity index (χ4n) is 3.22. The van der Waals surface area contributed by atoms with Crippen LogP contribution in [0.2, 0.25) is 0 Å². The van der Waals surface area contributed by atoms with Crippen molar-refractivity contribution < 1.29 is 13.2 Å². The standard InChI is InChI=1S/C18H28N2O3S/c1-4-5-6-18(21)19-16-7-9-17(10-8-16)24(22,23)20-12-14(2)11-15(3)13-20/h7-10,14-15H,4-6,11-13H2,1-3H3,(H,19,21). The fraction of sp³-hybridized carbons (Fsp3) is 0.611. The maximum absolute atomic E-state index is 12.8.